The van der Waals surface area contributed by atoms with Crippen molar-refractivity contribution in [3.8, 4) is 0 Å². The molecule has 0 spiro atoms. The maximum absolute atomic E-state index is 12.9. The maximum atomic E-state index is 12.9. The van der Waals surface area contributed by atoms with Gasteiger partial charge in [-0.05, 0) is 23.8 Å². The summed E-state index contributed by atoms with van der Waals surface area (Å²) in [6, 6.07) is 10.9. The van der Waals surface area contributed by atoms with Crippen LogP contribution in [0.5, 0.6) is 0 Å². The molecule has 2 aromatic carbocycles. The Hall–Kier alpha value is -2.97. The fourth-order valence-electron chi connectivity index (χ4n) is 2.65. The molecule has 0 aliphatic carbocycles. The smallest absolute Gasteiger partial charge is 0.317 e. The van der Waals surface area contributed by atoms with Gasteiger partial charge in [0.2, 0.25) is 0 Å². The van der Waals surface area contributed by atoms with E-state index in [9.17, 15) is 19.7 Å². The molecule has 0 N–H and O–H groups in total. The molecule has 0 atom stereocenters. The van der Waals surface area contributed by atoms with Crippen LogP contribution in [0.2, 0.25) is 5.02 Å². The lowest BCUT2D eigenvalue weighted by atomic mass is 10.1. The minimum Gasteiger partial charge on any atom is -0.317 e. The number of nitro benzene ring substituents is 1. The summed E-state index contributed by atoms with van der Waals surface area (Å²) in [4.78, 5) is 41.1. The van der Waals surface area contributed by atoms with Crippen molar-refractivity contribution in [1.29, 1.82) is 0 Å². The summed E-state index contributed by atoms with van der Waals surface area (Å²) in [5, 5.41) is 15.3. The van der Waals surface area contributed by atoms with E-state index in [1.807, 2.05) is 0 Å². The van der Waals surface area contributed by atoms with Gasteiger partial charge in [-0.3, -0.25) is 14.9 Å². The topological polar surface area (TPSA) is 102 Å². The highest BCUT2D eigenvalue weighted by molar-refractivity contribution is 6.54. The molecule has 0 unspecified atom stereocenters. The van der Waals surface area contributed by atoms with Crippen LogP contribution >= 0.6 is 23.2 Å². The van der Waals surface area contributed by atoms with Crippen molar-refractivity contribution in [2.75, 3.05) is 10.8 Å². The average Bonchev–Trinajstić information content (AvgIpc) is 2.93. The predicted molar refractivity (Wildman–Crippen MR) is 104 cm³/mol. The van der Waals surface area contributed by atoms with Gasteiger partial charge in [0.05, 0.1) is 23.6 Å². The first-order valence-electron chi connectivity index (χ1n) is 8.09. The van der Waals surface area contributed by atoms with Gasteiger partial charge in [-0.1, -0.05) is 28.9 Å². The first-order chi connectivity index (χ1) is 13.4. The Balaban J connectivity index is 1.98. The van der Waals surface area contributed by atoms with E-state index in [0.717, 1.165) is 5.56 Å². The summed E-state index contributed by atoms with van der Waals surface area (Å²) < 4.78 is 0. The third kappa shape index (κ3) is 4.13. The molecule has 0 bridgehead atoms. The quantitative estimate of drug-likeness (QED) is 0.306. The van der Waals surface area contributed by atoms with Crippen LogP contribution in [-0.2, 0) is 21.0 Å². The number of non-ortho nitro benzene ring substituents is 1. The molecule has 0 aromatic heterocycles. The second kappa shape index (κ2) is 8.37. The highest BCUT2D eigenvalue weighted by Gasteiger charge is 2.36. The van der Waals surface area contributed by atoms with E-state index in [1.54, 1.807) is 24.3 Å². The number of nitro groups is 1. The molecule has 1 amide bonds. The Labute approximate surface area is 169 Å². The number of halogens is 2. The normalized spacial score (nSPS) is 14.3. The lowest BCUT2D eigenvalue weighted by Gasteiger charge is -2.16. The summed E-state index contributed by atoms with van der Waals surface area (Å²) in [6.45, 7) is 0.190. The number of hydrogen-bond donors (Lipinski definition) is 0. The van der Waals surface area contributed by atoms with Gasteiger partial charge in [0.25, 0.3) is 11.6 Å². The lowest BCUT2D eigenvalue weighted by Crippen LogP contribution is -2.29. The van der Waals surface area contributed by atoms with Crippen molar-refractivity contribution in [1.82, 2.24) is 0 Å². The molecular weight excluding hydrogens is 409 g/mol. The minimum atomic E-state index is -0.710. The first-order valence-corrected chi connectivity index (χ1v) is 9.01. The number of alkyl halides is 1. The van der Waals surface area contributed by atoms with Gasteiger partial charge in [0.15, 0.2) is 5.71 Å². The molecule has 144 valence electrons. The second-order valence-electron chi connectivity index (χ2n) is 5.82. The van der Waals surface area contributed by atoms with Crippen LogP contribution in [0.25, 0.3) is 0 Å². The third-order valence-electron chi connectivity index (χ3n) is 3.98. The lowest BCUT2D eigenvalue weighted by molar-refractivity contribution is -0.384. The molecule has 0 radical (unpaired) electrons. The molecule has 10 heteroatoms. The van der Waals surface area contributed by atoms with Gasteiger partial charge >= 0.3 is 5.97 Å². The average molecular weight is 422 g/mol. The van der Waals surface area contributed by atoms with Crippen molar-refractivity contribution in [3.63, 3.8) is 0 Å². The Bertz CT molecular complexity index is 976. The molecule has 1 aliphatic heterocycles. The van der Waals surface area contributed by atoms with Crippen LogP contribution in [0, 0.1) is 10.1 Å². The number of nitrogens with zero attached hydrogens (tertiary/aromatic N) is 3. The van der Waals surface area contributed by atoms with Gasteiger partial charge in [-0.15, -0.1) is 11.6 Å². The van der Waals surface area contributed by atoms with Gasteiger partial charge in [-0.2, -0.15) is 0 Å². The predicted octanol–water partition coefficient (Wildman–Crippen LogP) is 3.67. The molecule has 0 saturated carbocycles. The molecule has 2 aromatic rings. The Kier molecular flexibility index (Phi) is 5.91. The van der Waals surface area contributed by atoms with Gasteiger partial charge in [-0.25, -0.2) is 4.79 Å². The number of hydrogen-bond acceptors (Lipinski definition) is 6. The van der Waals surface area contributed by atoms with Crippen LogP contribution in [0.3, 0.4) is 0 Å². The minimum absolute atomic E-state index is 0.0440. The van der Waals surface area contributed by atoms with Crippen LogP contribution in [-0.4, -0.2) is 28.4 Å². The largest absolute Gasteiger partial charge is 0.336 e. The number of anilines is 1. The molecule has 0 saturated heterocycles. The van der Waals surface area contributed by atoms with Crippen LogP contribution in [0.1, 0.15) is 17.5 Å². The number of fused-ring (bicyclic) bond motifs is 1. The van der Waals surface area contributed by atoms with E-state index in [1.165, 1.54) is 23.1 Å². The molecule has 1 heterocycles. The summed E-state index contributed by atoms with van der Waals surface area (Å²) in [5.74, 6) is -1.20. The van der Waals surface area contributed by atoms with E-state index in [2.05, 4.69) is 5.16 Å². The SMILES string of the molecule is O=C(CCCl)O/N=C1/C(=O)N(Cc2ccc(Cl)cc2)c2ccc([N+](=O)[O-])cc21. The fraction of sp³-hybridized carbons (Fsp3) is 0.167. The van der Waals surface area contributed by atoms with Crippen LogP contribution < -0.4 is 4.90 Å². The fourth-order valence-corrected chi connectivity index (χ4v) is 2.93. The van der Waals surface area contributed by atoms with E-state index >= 15 is 0 Å². The van der Waals surface area contributed by atoms with Crippen LogP contribution in [0.15, 0.2) is 47.6 Å². The van der Waals surface area contributed by atoms with Gasteiger partial charge in [0, 0.05) is 28.6 Å². The molecular formula is C18H13Cl2N3O5. The van der Waals surface area contributed by atoms with E-state index in [0.29, 0.717) is 10.7 Å². The molecule has 8 nitrogen and oxygen atoms in total. The summed E-state index contributed by atoms with van der Waals surface area (Å²) in [5.41, 5.74) is 1.04. The van der Waals surface area contributed by atoms with E-state index < -0.39 is 16.8 Å². The van der Waals surface area contributed by atoms with Crippen molar-refractivity contribution in [2.45, 2.75) is 13.0 Å². The molecule has 0 fully saturated rings. The molecule has 3 rings (SSSR count). The highest BCUT2D eigenvalue weighted by atomic mass is 35.5. The molecule has 28 heavy (non-hydrogen) atoms. The van der Waals surface area contributed by atoms with Crippen molar-refractivity contribution < 1.29 is 19.3 Å². The van der Waals surface area contributed by atoms with Crippen molar-refractivity contribution >= 4 is 52.2 Å². The highest BCUT2D eigenvalue weighted by Crippen LogP contribution is 2.34. The van der Waals surface area contributed by atoms with Gasteiger partial charge in [0.1, 0.15) is 0 Å². The Morgan fingerprint density at radius 3 is 2.57 bits per heavy atom. The maximum Gasteiger partial charge on any atom is 0.336 e. The first kappa shape index (κ1) is 19.8. The summed E-state index contributed by atoms with van der Waals surface area (Å²) in [7, 11) is 0. The Morgan fingerprint density at radius 1 is 1.21 bits per heavy atom. The monoisotopic (exact) mass is 421 g/mol. The zero-order valence-electron chi connectivity index (χ0n) is 14.3. The molecule has 1 aliphatic rings. The van der Waals surface area contributed by atoms with Crippen molar-refractivity contribution in [2.24, 2.45) is 5.16 Å². The van der Waals surface area contributed by atoms with Crippen LogP contribution in [0.4, 0.5) is 11.4 Å². The summed E-state index contributed by atoms with van der Waals surface area (Å²) >= 11 is 11.4. The number of amides is 1. The summed E-state index contributed by atoms with van der Waals surface area (Å²) in [6.07, 6.45) is -0.0805. The van der Waals surface area contributed by atoms with E-state index in [4.69, 9.17) is 28.0 Å². The van der Waals surface area contributed by atoms with E-state index in [-0.39, 0.29) is 35.8 Å². The second-order valence-corrected chi connectivity index (χ2v) is 6.63. The number of carbonyl (C=O) groups is 2. The van der Waals surface area contributed by atoms with Gasteiger partial charge < -0.3 is 9.74 Å². The number of rotatable bonds is 6. The van der Waals surface area contributed by atoms with Crippen molar-refractivity contribution in [3.05, 3.63) is 68.7 Å². The zero-order valence-corrected chi connectivity index (χ0v) is 15.8. The zero-order chi connectivity index (χ0) is 20.3. The number of carbonyl (C=O) groups excluding carboxylic acids is 2. The Morgan fingerprint density at radius 2 is 1.93 bits per heavy atom. The number of benzene rings is 2. The number of oxime groups is 1. The third-order valence-corrected chi connectivity index (χ3v) is 4.42. The standard InChI is InChI=1S/C18H13Cl2N3O5/c19-8-7-16(24)28-21-17-14-9-13(23(26)27)5-6-15(14)22(18(17)25)10-11-1-3-12(20)4-2-11/h1-6,9H,7-8,10H2/b21-17+.